The van der Waals surface area contributed by atoms with Crippen molar-refractivity contribution >= 4 is 21.6 Å². The largest absolute Gasteiger partial charge is 0.573 e. The van der Waals surface area contributed by atoms with Gasteiger partial charge in [-0.2, -0.15) is 0 Å². The average molecular weight is 369 g/mol. The highest BCUT2D eigenvalue weighted by Gasteiger charge is 2.31. The number of aromatic nitrogens is 4. The van der Waals surface area contributed by atoms with Crippen molar-refractivity contribution in [1.82, 2.24) is 19.6 Å². The van der Waals surface area contributed by atoms with Gasteiger partial charge in [-0.3, -0.25) is 10.1 Å². The number of alkyl halides is 3. The van der Waals surface area contributed by atoms with Gasteiger partial charge >= 0.3 is 6.36 Å². The Kier molecular flexibility index (Phi) is 3.78. The molecule has 0 atom stereocenters. The van der Waals surface area contributed by atoms with Crippen molar-refractivity contribution in [3.05, 3.63) is 34.9 Å². The zero-order valence-electron chi connectivity index (χ0n) is 13.0. The fraction of sp³-hybridized carbons (Fsp3) is 0.400. The van der Waals surface area contributed by atoms with Crippen LogP contribution in [0.4, 0.5) is 13.2 Å². The summed E-state index contributed by atoms with van der Waals surface area (Å²) in [5, 5.41) is 16.3. The van der Waals surface area contributed by atoms with E-state index in [0.717, 1.165) is 29.9 Å². The first-order valence-corrected chi connectivity index (χ1v) is 8.54. The maximum atomic E-state index is 12.3. The first-order chi connectivity index (χ1) is 11.9. The summed E-state index contributed by atoms with van der Waals surface area (Å²) in [6, 6.07) is 4.11. The summed E-state index contributed by atoms with van der Waals surface area (Å²) in [4.78, 5) is 0.265. The Balaban J connectivity index is 1.54. The van der Waals surface area contributed by atoms with E-state index in [-0.39, 0.29) is 10.6 Å². The van der Waals surface area contributed by atoms with Gasteiger partial charge in [0.05, 0.1) is 22.5 Å². The third kappa shape index (κ3) is 3.53. The topological polar surface area (TPSA) is 68.7 Å². The van der Waals surface area contributed by atoms with E-state index in [2.05, 4.69) is 15.0 Å². The van der Waals surface area contributed by atoms with Crippen LogP contribution < -0.4 is 9.54 Å². The smallest absolute Gasteiger partial charge is 0.406 e. The highest BCUT2D eigenvalue weighted by molar-refractivity contribution is 7.16. The quantitative estimate of drug-likeness (QED) is 0.751. The minimum Gasteiger partial charge on any atom is -0.406 e. The van der Waals surface area contributed by atoms with E-state index >= 15 is 0 Å². The number of aryl methyl sites for hydroxylation is 2. The van der Waals surface area contributed by atoms with Crippen molar-refractivity contribution in [2.24, 2.45) is 0 Å². The number of halogens is 3. The van der Waals surface area contributed by atoms with Crippen LogP contribution >= 0.6 is 11.3 Å². The normalized spacial score (nSPS) is 15.0. The van der Waals surface area contributed by atoms with Crippen LogP contribution in [0.15, 0.2) is 24.4 Å². The molecule has 4 rings (SSSR count). The second kappa shape index (κ2) is 5.87. The summed E-state index contributed by atoms with van der Waals surface area (Å²) in [7, 11) is 0. The van der Waals surface area contributed by atoms with Crippen LogP contribution in [0.3, 0.4) is 0 Å². The lowest BCUT2D eigenvalue weighted by atomic mass is 10.3. The van der Waals surface area contributed by atoms with Gasteiger partial charge in [-0.25, -0.2) is 0 Å². The van der Waals surface area contributed by atoms with Crippen molar-refractivity contribution in [3.8, 4) is 5.75 Å². The predicted octanol–water partition coefficient (Wildman–Crippen LogP) is 3.25. The van der Waals surface area contributed by atoms with E-state index in [1.165, 1.54) is 12.1 Å². The van der Waals surface area contributed by atoms with Crippen LogP contribution in [-0.2, 0) is 13.1 Å². The molecule has 0 amide bonds. The second-order valence-corrected chi connectivity index (χ2v) is 6.95. The fourth-order valence-electron chi connectivity index (χ4n) is 2.68. The summed E-state index contributed by atoms with van der Waals surface area (Å²) in [6.45, 7) is 1.04. The zero-order chi connectivity index (χ0) is 17.6. The second-order valence-electron chi connectivity index (χ2n) is 5.92. The van der Waals surface area contributed by atoms with Crippen LogP contribution in [0.2, 0.25) is 0 Å². The molecule has 0 spiro atoms. The fourth-order valence-corrected chi connectivity index (χ4v) is 3.64. The first kappa shape index (κ1) is 16.1. The molecule has 0 radical (unpaired) electrons. The predicted molar refractivity (Wildman–Crippen MR) is 84.3 cm³/mol. The van der Waals surface area contributed by atoms with E-state index in [0.29, 0.717) is 29.2 Å². The molecule has 1 saturated carbocycles. The molecule has 0 bridgehead atoms. The lowest BCUT2D eigenvalue weighted by Gasteiger charge is -2.09. The summed E-state index contributed by atoms with van der Waals surface area (Å²) in [5.41, 5.74) is 1.70. The summed E-state index contributed by atoms with van der Waals surface area (Å²) < 4.78 is 45.0. The Morgan fingerprint density at radius 3 is 2.80 bits per heavy atom. The van der Waals surface area contributed by atoms with Crippen molar-refractivity contribution in [2.45, 2.75) is 38.2 Å². The van der Waals surface area contributed by atoms with Gasteiger partial charge < -0.3 is 9.30 Å². The van der Waals surface area contributed by atoms with E-state index in [4.69, 9.17) is 5.41 Å². The van der Waals surface area contributed by atoms with E-state index in [9.17, 15) is 13.2 Å². The Morgan fingerprint density at radius 1 is 1.28 bits per heavy atom. The number of nitrogens with zero attached hydrogens (tertiary/aromatic N) is 4. The molecule has 1 N–H and O–H groups in total. The molecule has 2 heterocycles. The number of hydrogen-bond donors (Lipinski definition) is 1. The van der Waals surface area contributed by atoms with Gasteiger partial charge in [-0.15, -0.1) is 18.3 Å². The summed E-state index contributed by atoms with van der Waals surface area (Å²) in [5.74, 6) is 0.251. The molecule has 0 saturated heterocycles. The number of hydrogen-bond acceptors (Lipinski definition) is 5. The maximum absolute atomic E-state index is 12.3. The maximum Gasteiger partial charge on any atom is 0.573 e. The van der Waals surface area contributed by atoms with E-state index in [1.807, 2.05) is 6.20 Å². The molecule has 6 nitrogen and oxygen atoms in total. The van der Waals surface area contributed by atoms with Crippen LogP contribution in [0.5, 0.6) is 5.75 Å². The lowest BCUT2D eigenvalue weighted by molar-refractivity contribution is -0.274. The van der Waals surface area contributed by atoms with E-state index in [1.54, 1.807) is 15.3 Å². The number of ether oxygens (including phenoxy) is 1. The van der Waals surface area contributed by atoms with Crippen molar-refractivity contribution < 1.29 is 17.9 Å². The van der Waals surface area contributed by atoms with Crippen molar-refractivity contribution in [1.29, 1.82) is 5.41 Å². The molecule has 3 aromatic rings. The van der Waals surface area contributed by atoms with Crippen LogP contribution in [-0.4, -0.2) is 25.9 Å². The molecule has 132 valence electrons. The molecule has 1 aliphatic rings. The molecular weight excluding hydrogens is 355 g/mol. The molecule has 0 unspecified atom stereocenters. The first-order valence-electron chi connectivity index (χ1n) is 7.73. The van der Waals surface area contributed by atoms with Gasteiger partial charge in [-0.1, -0.05) is 16.6 Å². The van der Waals surface area contributed by atoms with Crippen LogP contribution in [0, 0.1) is 5.41 Å². The monoisotopic (exact) mass is 369 g/mol. The number of benzene rings is 1. The zero-order valence-corrected chi connectivity index (χ0v) is 13.8. The Bertz CT molecular complexity index is 970. The Labute approximate surface area is 144 Å². The average Bonchev–Trinajstić information content (AvgIpc) is 3.18. The Hall–Kier alpha value is -2.36. The number of thiazole rings is 1. The van der Waals surface area contributed by atoms with Gasteiger partial charge in [-0.05, 0) is 31.0 Å². The number of nitrogens with one attached hydrogen (secondary N) is 1. The summed E-state index contributed by atoms with van der Waals surface area (Å²) in [6.07, 6.45) is -0.494. The summed E-state index contributed by atoms with van der Waals surface area (Å²) >= 11 is 1.11. The van der Waals surface area contributed by atoms with Gasteiger partial charge in [0.25, 0.3) is 0 Å². The number of rotatable bonds is 5. The molecule has 1 aliphatic carbocycles. The van der Waals surface area contributed by atoms with Gasteiger partial charge in [0.15, 0.2) is 4.80 Å². The third-order valence-corrected chi connectivity index (χ3v) is 4.97. The van der Waals surface area contributed by atoms with Crippen molar-refractivity contribution in [2.75, 3.05) is 0 Å². The highest BCUT2D eigenvalue weighted by Crippen LogP contribution is 2.38. The molecule has 1 aromatic carbocycles. The standard InChI is InChI=1S/C15H14F3N5OS/c16-15(17,18)24-10-3-4-12-13(7-10)25-14(19)23(12)6-5-22-8-11(20-21-22)9-1-2-9/h3-4,7-9,19H,1-2,5-6H2. The van der Waals surface area contributed by atoms with Crippen LogP contribution in [0.1, 0.15) is 24.5 Å². The Morgan fingerprint density at radius 2 is 2.08 bits per heavy atom. The molecule has 2 aromatic heterocycles. The van der Waals surface area contributed by atoms with Gasteiger partial charge in [0, 0.05) is 18.7 Å². The molecule has 1 fully saturated rings. The van der Waals surface area contributed by atoms with E-state index < -0.39 is 6.36 Å². The number of fused-ring (bicyclic) bond motifs is 1. The lowest BCUT2D eigenvalue weighted by Crippen LogP contribution is -2.17. The third-order valence-electron chi connectivity index (χ3n) is 4.01. The van der Waals surface area contributed by atoms with Gasteiger partial charge in [0.2, 0.25) is 0 Å². The highest BCUT2D eigenvalue weighted by atomic mass is 32.1. The minimum absolute atomic E-state index is 0.265. The van der Waals surface area contributed by atoms with Crippen LogP contribution in [0.25, 0.3) is 10.2 Å². The molecule has 25 heavy (non-hydrogen) atoms. The van der Waals surface area contributed by atoms with Crippen molar-refractivity contribution in [3.63, 3.8) is 0 Å². The van der Waals surface area contributed by atoms with Gasteiger partial charge in [0.1, 0.15) is 5.75 Å². The molecular formula is C15H14F3N5OS. The SMILES string of the molecule is N=c1sc2cc(OC(F)(F)F)ccc2n1CCn1cc(C2CC2)nn1. The molecule has 0 aliphatic heterocycles. The minimum atomic E-state index is -4.73. The molecule has 10 heteroatoms.